The number of hydrazine groups is 1. The third-order valence-electron chi connectivity index (χ3n) is 1.37. The van der Waals surface area contributed by atoms with Gasteiger partial charge in [0.1, 0.15) is 5.84 Å². The summed E-state index contributed by atoms with van der Waals surface area (Å²) in [6.45, 7) is 5.57. The Labute approximate surface area is 74.2 Å². The van der Waals surface area contributed by atoms with E-state index in [4.69, 9.17) is 10.6 Å². The molecule has 0 aliphatic heterocycles. The molecule has 72 valence electrons. The van der Waals surface area contributed by atoms with Crippen molar-refractivity contribution in [2.24, 2.45) is 16.8 Å². The van der Waals surface area contributed by atoms with Crippen molar-refractivity contribution in [3.8, 4) is 0 Å². The molecule has 0 aromatic heterocycles. The van der Waals surface area contributed by atoms with Crippen LogP contribution in [-0.4, -0.2) is 26.1 Å². The highest BCUT2D eigenvalue weighted by atomic mass is 16.5. The highest BCUT2D eigenvalue weighted by Gasteiger charge is 1.99. The number of aliphatic imine (C=N–C) groups is 1. The molecule has 0 aliphatic carbocycles. The molecule has 4 nitrogen and oxygen atoms in total. The van der Waals surface area contributed by atoms with E-state index < -0.39 is 0 Å². The highest BCUT2D eigenvalue weighted by Crippen LogP contribution is 1.99. The monoisotopic (exact) mass is 173 g/mol. The maximum atomic E-state index is 5.28. The van der Waals surface area contributed by atoms with Crippen molar-refractivity contribution < 1.29 is 4.74 Å². The van der Waals surface area contributed by atoms with Gasteiger partial charge in [-0.1, -0.05) is 13.8 Å². The SMILES string of the molecule is COCCN=C(CC(C)C)NN. The molecule has 0 atom stereocenters. The van der Waals surface area contributed by atoms with Crippen molar-refractivity contribution in [1.82, 2.24) is 5.43 Å². The Bertz CT molecular complexity index is 134. The lowest BCUT2D eigenvalue weighted by Gasteiger charge is -2.07. The van der Waals surface area contributed by atoms with E-state index in [9.17, 15) is 0 Å². The lowest BCUT2D eigenvalue weighted by Crippen LogP contribution is -2.31. The molecule has 0 heterocycles. The smallest absolute Gasteiger partial charge is 0.111 e. The Hall–Kier alpha value is -0.610. The van der Waals surface area contributed by atoms with Crippen molar-refractivity contribution in [2.75, 3.05) is 20.3 Å². The van der Waals surface area contributed by atoms with Crippen LogP contribution in [0.2, 0.25) is 0 Å². The maximum absolute atomic E-state index is 5.28. The summed E-state index contributed by atoms with van der Waals surface area (Å²) >= 11 is 0. The summed E-state index contributed by atoms with van der Waals surface area (Å²) < 4.78 is 4.87. The molecule has 0 unspecified atom stereocenters. The van der Waals surface area contributed by atoms with Crippen LogP contribution in [0.1, 0.15) is 20.3 Å². The van der Waals surface area contributed by atoms with Crippen molar-refractivity contribution in [3.05, 3.63) is 0 Å². The molecule has 0 bridgehead atoms. The van der Waals surface area contributed by atoms with Crippen LogP contribution in [0.15, 0.2) is 4.99 Å². The second-order valence-corrected chi connectivity index (χ2v) is 3.06. The van der Waals surface area contributed by atoms with Crippen LogP contribution in [0.3, 0.4) is 0 Å². The molecule has 0 rings (SSSR count). The second-order valence-electron chi connectivity index (χ2n) is 3.06. The van der Waals surface area contributed by atoms with E-state index in [1.54, 1.807) is 7.11 Å². The molecule has 4 heteroatoms. The van der Waals surface area contributed by atoms with E-state index in [0.29, 0.717) is 19.1 Å². The van der Waals surface area contributed by atoms with E-state index in [0.717, 1.165) is 12.3 Å². The van der Waals surface area contributed by atoms with Gasteiger partial charge in [-0.25, -0.2) is 5.84 Å². The summed E-state index contributed by atoms with van der Waals surface area (Å²) in [7, 11) is 1.66. The van der Waals surface area contributed by atoms with Crippen LogP contribution >= 0.6 is 0 Å². The van der Waals surface area contributed by atoms with Crippen molar-refractivity contribution in [2.45, 2.75) is 20.3 Å². The van der Waals surface area contributed by atoms with Crippen LogP contribution in [-0.2, 0) is 4.74 Å². The number of nitrogens with zero attached hydrogens (tertiary/aromatic N) is 1. The van der Waals surface area contributed by atoms with E-state index in [1.807, 2.05) is 0 Å². The van der Waals surface area contributed by atoms with Crippen molar-refractivity contribution in [1.29, 1.82) is 0 Å². The third kappa shape index (κ3) is 6.12. The number of ether oxygens (including phenoxy) is 1. The predicted molar refractivity (Wildman–Crippen MR) is 51.0 cm³/mol. The van der Waals surface area contributed by atoms with Gasteiger partial charge in [-0.05, 0) is 5.92 Å². The normalized spacial score (nSPS) is 12.2. The van der Waals surface area contributed by atoms with Gasteiger partial charge in [0, 0.05) is 13.5 Å². The number of nitrogens with one attached hydrogen (secondary N) is 1. The van der Waals surface area contributed by atoms with Crippen LogP contribution in [0, 0.1) is 5.92 Å². The van der Waals surface area contributed by atoms with Crippen LogP contribution in [0.5, 0.6) is 0 Å². The van der Waals surface area contributed by atoms with E-state index in [-0.39, 0.29) is 0 Å². The molecule has 3 N–H and O–H groups in total. The molecular weight excluding hydrogens is 154 g/mol. The lowest BCUT2D eigenvalue weighted by molar-refractivity contribution is 0.208. The van der Waals surface area contributed by atoms with Crippen molar-refractivity contribution >= 4 is 5.84 Å². The fourth-order valence-corrected chi connectivity index (χ4v) is 0.828. The van der Waals surface area contributed by atoms with Gasteiger partial charge in [-0.3, -0.25) is 4.99 Å². The predicted octanol–water partition coefficient (Wildman–Crippen LogP) is 0.541. The zero-order valence-corrected chi connectivity index (χ0v) is 8.13. The average Bonchev–Trinajstić information content (AvgIpc) is 2.02. The Kier molecular flexibility index (Phi) is 6.70. The molecule has 0 radical (unpaired) electrons. The molecule has 0 fully saturated rings. The minimum absolute atomic E-state index is 0.572. The fourth-order valence-electron chi connectivity index (χ4n) is 0.828. The first-order valence-electron chi connectivity index (χ1n) is 4.19. The average molecular weight is 173 g/mol. The summed E-state index contributed by atoms with van der Waals surface area (Å²) in [5.41, 5.74) is 2.59. The van der Waals surface area contributed by atoms with Gasteiger partial charge in [-0.2, -0.15) is 0 Å². The minimum Gasteiger partial charge on any atom is -0.383 e. The number of methoxy groups -OCH3 is 1. The lowest BCUT2D eigenvalue weighted by atomic mass is 10.1. The molecule has 0 amide bonds. The molecule has 0 saturated heterocycles. The Morgan fingerprint density at radius 1 is 1.58 bits per heavy atom. The van der Waals surface area contributed by atoms with Gasteiger partial charge in [0.2, 0.25) is 0 Å². The number of amidine groups is 1. The van der Waals surface area contributed by atoms with Gasteiger partial charge < -0.3 is 10.2 Å². The summed E-state index contributed by atoms with van der Waals surface area (Å²) in [5, 5.41) is 0. The first-order valence-corrected chi connectivity index (χ1v) is 4.19. The van der Waals surface area contributed by atoms with E-state index in [2.05, 4.69) is 24.3 Å². The first-order chi connectivity index (χ1) is 5.70. The third-order valence-corrected chi connectivity index (χ3v) is 1.37. The molecule has 0 aromatic rings. The quantitative estimate of drug-likeness (QED) is 0.210. The van der Waals surface area contributed by atoms with Crippen LogP contribution in [0.4, 0.5) is 0 Å². The first kappa shape index (κ1) is 11.4. The van der Waals surface area contributed by atoms with Gasteiger partial charge >= 0.3 is 0 Å². The van der Waals surface area contributed by atoms with Gasteiger partial charge in [0.25, 0.3) is 0 Å². The summed E-state index contributed by atoms with van der Waals surface area (Å²) in [6, 6.07) is 0. The Morgan fingerprint density at radius 2 is 2.25 bits per heavy atom. The topological polar surface area (TPSA) is 59.6 Å². The summed E-state index contributed by atoms with van der Waals surface area (Å²) in [5.74, 6) is 6.70. The van der Waals surface area contributed by atoms with E-state index >= 15 is 0 Å². The Balaban J connectivity index is 3.70. The zero-order chi connectivity index (χ0) is 9.40. The van der Waals surface area contributed by atoms with Crippen molar-refractivity contribution in [3.63, 3.8) is 0 Å². The summed E-state index contributed by atoms with van der Waals surface area (Å²) in [6.07, 6.45) is 0.889. The number of nitrogens with two attached hydrogens (primary N) is 1. The van der Waals surface area contributed by atoms with Crippen LogP contribution in [0.25, 0.3) is 0 Å². The molecule has 0 aromatic carbocycles. The fraction of sp³-hybridized carbons (Fsp3) is 0.875. The molecule has 0 saturated carbocycles. The molecule has 12 heavy (non-hydrogen) atoms. The second kappa shape index (κ2) is 7.06. The Morgan fingerprint density at radius 3 is 2.67 bits per heavy atom. The van der Waals surface area contributed by atoms with Crippen LogP contribution < -0.4 is 11.3 Å². The standard InChI is InChI=1S/C8H19N3O/c1-7(2)6-8(11-9)10-4-5-12-3/h7H,4-6,9H2,1-3H3,(H,10,11). The molecule has 0 spiro atoms. The molecular formula is C8H19N3O. The highest BCUT2D eigenvalue weighted by molar-refractivity contribution is 5.81. The minimum atomic E-state index is 0.572. The van der Waals surface area contributed by atoms with Gasteiger partial charge in [0.05, 0.1) is 13.2 Å². The molecule has 0 aliphatic rings. The van der Waals surface area contributed by atoms with Gasteiger partial charge in [-0.15, -0.1) is 0 Å². The zero-order valence-electron chi connectivity index (χ0n) is 8.13. The number of hydrogen-bond acceptors (Lipinski definition) is 3. The largest absolute Gasteiger partial charge is 0.383 e. The maximum Gasteiger partial charge on any atom is 0.111 e. The van der Waals surface area contributed by atoms with E-state index in [1.165, 1.54) is 0 Å². The van der Waals surface area contributed by atoms with Gasteiger partial charge in [0.15, 0.2) is 0 Å². The number of rotatable bonds is 5. The number of hydrogen-bond donors (Lipinski definition) is 2. The summed E-state index contributed by atoms with van der Waals surface area (Å²) in [4.78, 5) is 4.23.